The number of rotatable bonds is 13. The average molecular weight is 493 g/mol. The third kappa shape index (κ3) is 8.36. The zero-order valence-corrected chi connectivity index (χ0v) is 22.0. The summed E-state index contributed by atoms with van der Waals surface area (Å²) in [5, 5.41) is 23.5. The van der Waals surface area contributed by atoms with E-state index in [1.54, 1.807) is 12.1 Å². The summed E-state index contributed by atoms with van der Waals surface area (Å²) >= 11 is 0. The first kappa shape index (κ1) is 27.7. The molecule has 36 heavy (non-hydrogen) atoms. The molecule has 0 spiro atoms. The molecule has 2 aromatic rings. The van der Waals surface area contributed by atoms with Gasteiger partial charge in [0.25, 0.3) is 0 Å². The fraction of sp³-hybridized carbons (Fsp3) is 0.533. The number of esters is 1. The number of carbonyl (C=O) groups excluding carboxylic acids is 1. The normalized spacial score (nSPS) is 15.1. The number of nitrogens with one attached hydrogen (secondary N) is 1. The highest BCUT2D eigenvalue weighted by molar-refractivity contribution is 5.70. The number of nitrogens with zero attached hydrogens (tertiary/aromatic N) is 1. The van der Waals surface area contributed by atoms with Crippen molar-refractivity contribution < 1.29 is 19.4 Å². The van der Waals surface area contributed by atoms with Crippen LogP contribution in [0.2, 0.25) is 0 Å². The number of aryl methyl sites for hydroxylation is 1. The fourth-order valence-corrected chi connectivity index (χ4v) is 4.77. The van der Waals surface area contributed by atoms with Crippen LogP contribution in [0.25, 0.3) is 0 Å². The number of ether oxygens (including phenoxy) is 2. The van der Waals surface area contributed by atoms with E-state index in [9.17, 15) is 15.2 Å². The van der Waals surface area contributed by atoms with Gasteiger partial charge in [0.15, 0.2) is 0 Å². The van der Waals surface area contributed by atoms with Crippen LogP contribution < -0.4 is 10.1 Å². The van der Waals surface area contributed by atoms with Crippen molar-refractivity contribution in [1.29, 1.82) is 5.26 Å². The third-order valence-corrected chi connectivity index (χ3v) is 6.87. The summed E-state index contributed by atoms with van der Waals surface area (Å²) in [6.07, 6.45) is 3.98. The second-order valence-corrected chi connectivity index (χ2v) is 10.6. The van der Waals surface area contributed by atoms with Gasteiger partial charge in [-0.15, -0.1) is 0 Å². The van der Waals surface area contributed by atoms with Crippen LogP contribution in [-0.4, -0.2) is 42.0 Å². The third-order valence-electron chi connectivity index (χ3n) is 6.87. The molecule has 0 heterocycles. The Balaban J connectivity index is 1.46. The SMILES string of the molecule is CCC(C)OC(=O)CCc1ccc(C#N)c(OC[C@H](O)CNC(C)(C)CC2Cc3ccccc3C2)c1. The van der Waals surface area contributed by atoms with E-state index in [4.69, 9.17) is 9.47 Å². The predicted octanol–water partition coefficient (Wildman–Crippen LogP) is 4.75. The van der Waals surface area contributed by atoms with Crippen molar-refractivity contribution in [1.82, 2.24) is 5.32 Å². The highest BCUT2D eigenvalue weighted by atomic mass is 16.5. The summed E-state index contributed by atoms with van der Waals surface area (Å²) in [6.45, 7) is 8.67. The van der Waals surface area contributed by atoms with Gasteiger partial charge in [-0.05, 0) is 87.6 Å². The number of fused-ring (bicyclic) bond motifs is 1. The van der Waals surface area contributed by atoms with E-state index in [1.165, 1.54) is 11.1 Å². The Kier molecular flexibility index (Phi) is 9.92. The maximum absolute atomic E-state index is 12.0. The highest BCUT2D eigenvalue weighted by Crippen LogP contribution is 2.32. The van der Waals surface area contributed by atoms with Crippen LogP contribution in [0.4, 0.5) is 0 Å². The maximum Gasteiger partial charge on any atom is 0.306 e. The van der Waals surface area contributed by atoms with E-state index in [2.05, 4.69) is 49.5 Å². The molecule has 1 aliphatic rings. The van der Waals surface area contributed by atoms with Crippen LogP contribution in [-0.2, 0) is 28.8 Å². The molecule has 194 valence electrons. The van der Waals surface area contributed by atoms with E-state index < -0.39 is 6.10 Å². The van der Waals surface area contributed by atoms with Gasteiger partial charge in [-0.3, -0.25) is 4.79 Å². The molecule has 2 aromatic carbocycles. The fourth-order valence-electron chi connectivity index (χ4n) is 4.77. The lowest BCUT2D eigenvalue weighted by Crippen LogP contribution is -2.46. The second-order valence-electron chi connectivity index (χ2n) is 10.6. The molecular formula is C30H40N2O4. The van der Waals surface area contributed by atoms with Crippen LogP contribution in [0.1, 0.15) is 69.2 Å². The molecule has 0 aliphatic heterocycles. The van der Waals surface area contributed by atoms with E-state index >= 15 is 0 Å². The molecule has 1 unspecified atom stereocenters. The van der Waals surface area contributed by atoms with Crippen molar-refractivity contribution in [2.75, 3.05) is 13.2 Å². The lowest BCUT2D eigenvalue weighted by atomic mass is 9.88. The molecule has 0 amide bonds. The van der Waals surface area contributed by atoms with Gasteiger partial charge in [0.2, 0.25) is 0 Å². The van der Waals surface area contributed by atoms with Crippen molar-refractivity contribution in [3.63, 3.8) is 0 Å². The Labute approximate surface area is 215 Å². The molecule has 0 saturated carbocycles. The lowest BCUT2D eigenvalue weighted by molar-refractivity contribution is -0.148. The average Bonchev–Trinajstić information content (AvgIpc) is 3.26. The Morgan fingerprint density at radius 2 is 1.92 bits per heavy atom. The van der Waals surface area contributed by atoms with Gasteiger partial charge in [0.05, 0.1) is 11.7 Å². The number of carbonyl (C=O) groups is 1. The standard InChI is InChI=1S/C30H40N2O4/c1-5-21(2)36-29(34)13-11-22-10-12-26(18-31)28(16-22)35-20-27(33)19-32-30(3,4)17-23-14-24-8-6-7-9-25(24)15-23/h6-10,12,16,21,23,27,32-33H,5,11,13-15,17,19-20H2,1-4H3/t21?,27-/m1/s1. The quantitative estimate of drug-likeness (QED) is 0.392. The van der Waals surface area contributed by atoms with Gasteiger partial charge in [0.1, 0.15) is 24.5 Å². The van der Waals surface area contributed by atoms with E-state index in [1.807, 2.05) is 19.9 Å². The maximum atomic E-state index is 12.0. The Bertz CT molecular complexity index is 1030. The van der Waals surface area contributed by atoms with Crippen molar-refractivity contribution in [2.45, 2.75) is 84.0 Å². The molecule has 0 saturated heterocycles. The number of aliphatic hydroxyl groups is 1. The Morgan fingerprint density at radius 1 is 1.22 bits per heavy atom. The summed E-state index contributed by atoms with van der Waals surface area (Å²) in [5.41, 5.74) is 4.08. The monoisotopic (exact) mass is 492 g/mol. The van der Waals surface area contributed by atoms with Gasteiger partial charge in [-0.2, -0.15) is 5.26 Å². The van der Waals surface area contributed by atoms with Gasteiger partial charge >= 0.3 is 5.97 Å². The van der Waals surface area contributed by atoms with E-state index in [-0.39, 0.29) is 30.6 Å². The smallest absolute Gasteiger partial charge is 0.306 e. The van der Waals surface area contributed by atoms with Crippen molar-refractivity contribution in [2.24, 2.45) is 5.92 Å². The van der Waals surface area contributed by atoms with E-state index in [0.29, 0.717) is 30.2 Å². The number of hydrogen-bond donors (Lipinski definition) is 2. The molecule has 1 aliphatic carbocycles. The first-order valence-corrected chi connectivity index (χ1v) is 13.0. The molecule has 0 radical (unpaired) electrons. The molecule has 2 atom stereocenters. The number of hydrogen-bond acceptors (Lipinski definition) is 6. The predicted molar refractivity (Wildman–Crippen MR) is 141 cm³/mol. The van der Waals surface area contributed by atoms with Gasteiger partial charge in [-0.1, -0.05) is 37.3 Å². The molecule has 3 rings (SSSR count). The van der Waals surface area contributed by atoms with Gasteiger partial charge in [0, 0.05) is 18.5 Å². The van der Waals surface area contributed by atoms with Gasteiger partial charge in [-0.25, -0.2) is 0 Å². The molecule has 6 heteroatoms. The summed E-state index contributed by atoms with van der Waals surface area (Å²) in [5.74, 6) is 0.788. The van der Waals surface area contributed by atoms with Gasteiger partial charge < -0.3 is 19.9 Å². The molecule has 6 nitrogen and oxygen atoms in total. The topological polar surface area (TPSA) is 91.6 Å². The van der Waals surface area contributed by atoms with E-state index in [0.717, 1.165) is 31.2 Å². The van der Waals surface area contributed by atoms with Crippen molar-refractivity contribution in [3.05, 3.63) is 64.7 Å². The molecule has 0 fully saturated rings. The van der Waals surface area contributed by atoms with Crippen LogP contribution in [0.3, 0.4) is 0 Å². The molecule has 0 bridgehead atoms. The summed E-state index contributed by atoms with van der Waals surface area (Å²) in [6, 6.07) is 16.1. The lowest BCUT2D eigenvalue weighted by Gasteiger charge is -2.30. The zero-order chi connectivity index (χ0) is 26.1. The number of aliphatic hydroxyl groups excluding tert-OH is 1. The van der Waals surface area contributed by atoms with Crippen LogP contribution in [0, 0.1) is 17.2 Å². The highest BCUT2D eigenvalue weighted by Gasteiger charge is 2.28. The number of nitriles is 1. The second kappa shape index (κ2) is 12.9. The van der Waals surface area contributed by atoms with Crippen LogP contribution >= 0.6 is 0 Å². The zero-order valence-electron chi connectivity index (χ0n) is 22.0. The minimum absolute atomic E-state index is 0.0755. The Hall–Kier alpha value is -2.88. The largest absolute Gasteiger partial charge is 0.489 e. The minimum Gasteiger partial charge on any atom is -0.489 e. The summed E-state index contributed by atoms with van der Waals surface area (Å²) in [7, 11) is 0. The minimum atomic E-state index is -0.717. The molecular weight excluding hydrogens is 452 g/mol. The first-order chi connectivity index (χ1) is 17.2. The Morgan fingerprint density at radius 3 is 2.56 bits per heavy atom. The van der Waals surface area contributed by atoms with Crippen molar-refractivity contribution >= 4 is 5.97 Å². The first-order valence-electron chi connectivity index (χ1n) is 13.0. The number of β-amino-alcohol motifs (C(OH)–C–C–N with tert-alkyl or cyclic N) is 1. The molecule has 0 aromatic heterocycles. The number of benzene rings is 2. The van der Waals surface area contributed by atoms with Crippen LogP contribution in [0.15, 0.2) is 42.5 Å². The molecule has 2 N–H and O–H groups in total. The van der Waals surface area contributed by atoms with Crippen molar-refractivity contribution in [3.8, 4) is 11.8 Å². The summed E-state index contributed by atoms with van der Waals surface area (Å²) in [4.78, 5) is 12.0. The summed E-state index contributed by atoms with van der Waals surface area (Å²) < 4.78 is 11.2. The van der Waals surface area contributed by atoms with Crippen LogP contribution in [0.5, 0.6) is 5.75 Å².